The molecule has 0 spiro atoms. The maximum Gasteiger partial charge on any atom is 0.165 e. The number of halogens is 2. The van der Waals surface area contributed by atoms with Crippen LogP contribution in [0, 0.1) is 5.82 Å². The first-order valence-electron chi connectivity index (χ1n) is 2.93. The van der Waals surface area contributed by atoms with Crippen molar-refractivity contribution in [2.75, 3.05) is 0 Å². The molecule has 0 fully saturated rings. The van der Waals surface area contributed by atoms with Crippen molar-refractivity contribution in [2.45, 2.75) is 6.61 Å². The lowest BCUT2D eigenvalue weighted by atomic mass is 10.2. The first-order valence-corrected chi connectivity index (χ1v) is 3.72. The van der Waals surface area contributed by atoms with Crippen LogP contribution in [0.1, 0.15) is 5.56 Å². The molecule has 0 saturated carbocycles. The third-order valence-corrected chi connectivity index (χ3v) is 2.02. The fraction of sp³-hybridized carbons (Fsp3) is 0.143. The van der Waals surface area contributed by atoms with Gasteiger partial charge in [-0.05, 0) is 17.7 Å². The van der Waals surface area contributed by atoms with Crippen LogP contribution in [-0.4, -0.2) is 10.2 Å². The van der Waals surface area contributed by atoms with Crippen molar-refractivity contribution in [1.82, 2.24) is 0 Å². The fourth-order valence-corrected chi connectivity index (χ4v) is 1.14. The zero-order valence-electron chi connectivity index (χ0n) is 5.51. The van der Waals surface area contributed by atoms with E-state index < -0.39 is 11.6 Å². The van der Waals surface area contributed by atoms with Crippen LogP contribution in [0.5, 0.6) is 5.75 Å². The summed E-state index contributed by atoms with van der Waals surface area (Å²) in [6.45, 7) is -0.228. The van der Waals surface area contributed by atoms with Crippen LogP contribution in [0.25, 0.3) is 0 Å². The predicted octanol–water partition coefficient (Wildman–Crippen LogP) is 1.79. The van der Waals surface area contributed by atoms with Gasteiger partial charge in [0.05, 0.1) is 6.61 Å². The van der Waals surface area contributed by atoms with Crippen LogP contribution in [0.4, 0.5) is 4.39 Å². The second-order valence-electron chi connectivity index (χ2n) is 2.05. The lowest BCUT2D eigenvalue weighted by Crippen LogP contribution is -1.86. The standard InChI is InChI=1S/C7H6BrFO2/c8-5-2-6(9)7(11)1-4(5)3-10/h1-2,10-11H,3H2. The van der Waals surface area contributed by atoms with Crippen molar-refractivity contribution in [2.24, 2.45) is 0 Å². The summed E-state index contributed by atoms with van der Waals surface area (Å²) in [5.74, 6) is -1.15. The van der Waals surface area contributed by atoms with Gasteiger partial charge in [-0.15, -0.1) is 0 Å². The second kappa shape index (κ2) is 3.19. The van der Waals surface area contributed by atoms with Crippen LogP contribution in [-0.2, 0) is 6.61 Å². The molecule has 0 saturated heterocycles. The maximum atomic E-state index is 12.5. The molecule has 0 amide bonds. The lowest BCUT2D eigenvalue weighted by molar-refractivity contribution is 0.280. The summed E-state index contributed by atoms with van der Waals surface area (Å²) in [6.07, 6.45) is 0. The molecule has 0 radical (unpaired) electrons. The van der Waals surface area contributed by atoms with Crippen molar-refractivity contribution in [3.63, 3.8) is 0 Å². The molecule has 1 aromatic carbocycles. The van der Waals surface area contributed by atoms with Crippen molar-refractivity contribution >= 4 is 15.9 Å². The normalized spacial score (nSPS) is 10.1. The molecule has 4 heteroatoms. The van der Waals surface area contributed by atoms with E-state index in [4.69, 9.17) is 10.2 Å². The van der Waals surface area contributed by atoms with Gasteiger partial charge >= 0.3 is 0 Å². The van der Waals surface area contributed by atoms with E-state index in [2.05, 4.69) is 15.9 Å². The Kier molecular flexibility index (Phi) is 2.46. The highest BCUT2D eigenvalue weighted by Crippen LogP contribution is 2.24. The Hall–Kier alpha value is -0.610. The Morgan fingerprint density at radius 2 is 2.09 bits per heavy atom. The molecule has 0 heterocycles. The summed E-state index contributed by atoms with van der Waals surface area (Å²) in [6, 6.07) is 2.29. The molecule has 0 aromatic heterocycles. The molecule has 0 atom stereocenters. The van der Waals surface area contributed by atoms with Gasteiger partial charge < -0.3 is 10.2 Å². The highest BCUT2D eigenvalue weighted by molar-refractivity contribution is 9.10. The third-order valence-electron chi connectivity index (χ3n) is 1.29. The molecule has 0 aliphatic carbocycles. The molecule has 60 valence electrons. The van der Waals surface area contributed by atoms with E-state index >= 15 is 0 Å². The number of benzene rings is 1. The number of hydrogen-bond acceptors (Lipinski definition) is 2. The van der Waals surface area contributed by atoms with Gasteiger partial charge in [0.1, 0.15) is 0 Å². The van der Waals surface area contributed by atoms with E-state index in [1.54, 1.807) is 0 Å². The highest BCUT2D eigenvalue weighted by Gasteiger charge is 2.05. The molecular weight excluding hydrogens is 215 g/mol. The van der Waals surface area contributed by atoms with Crippen LogP contribution in [0.15, 0.2) is 16.6 Å². The minimum absolute atomic E-state index is 0.228. The lowest BCUT2D eigenvalue weighted by Gasteiger charge is -2.01. The fourth-order valence-electron chi connectivity index (χ4n) is 0.702. The van der Waals surface area contributed by atoms with Gasteiger partial charge in [-0.3, -0.25) is 0 Å². The second-order valence-corrected chi connectivity index (χ2v) is 2.91. The smallest absolute Gasteiger partial charge is 0.165 e. The van der Waals surface area contributed by atoms with Gasteiger partial charge in [0.15, 0.2) is 11.6 Å². The SMILES string of the molecule is OCc1cc(O)c(F)cc1Br. The number of aromatic hydroxyl groups is 1. The van der Waals surface area contributed by atoms with E-state index in [1.165, 1.54) is 6.07 Å². The summed E-state index contributed by atoms with van der Waals surface area (Å²) in [5.41, 5.74) is 0.462. The van der Waals surface area contributed by atoms with Gasteiger partial charge in [-0.2, -0.15) is 0 Å². The van der Waals surface area contributed by atoms with Crippen molar-refractivity contribution in [1.29, 1.82) is 0 Å². The minimum atomic E-state index is -0.700. The van der Waals surface area contributed by atoms with E-state index in [9.17, 15) is 4.39 Å². The molecule has 0 unspecified atom stereocenters. The molecule has 2 nitrogen and oxygen atoms in total. The largest absolute Gasteiger partial charge is 0.505 e. The highest BCUT2D eigenvalue weighted by atomic mass is 79.9. The van der Waals surface area contributed by atoms with Crippen molar-refractivity contribution in [3.8, 4) is 5.75 Å². The van der Waals surface area contributed by atoms with Gasteiger partial charge in [-0.25, -0.2) is 4.39 Å². The zero-order valence-corrected chi connectivity index (χ0v) is 7.10. The Labute approximate surface area is 71.4 Å². The number of phenolic OH excluding ortho intramolecular Hbond substituents is 1. The summed E-state index contributed by atoms with van der Waals surface area (Å²) in [5, 5.41) is 17.5. The molecule has 11 heavy (non-hydrogen) atoms. The topological polar surface area (TPSA) is 40.5 Å². The van der Waals surface area contributed by atoms with E-state index in [0.29, 0.717) is 10.0 Å². The van der Waals surface area contributed by atoms with Crippen LogP contribution >= 0.6 is 15.9 Å². The maximum absolute atomic E-state index is 12.5. The average Bonchev–Trinajstić information content (AvgIpc) is 1.97. The zero-order chi connectivity index (χ0) is 8.43. The van der Waals surface area contributed by atoms with Gasteiger partial charge in [0.2, 0.25) is 0 Å². The predicted molar refractivity (Wildman–Crippen MR) is 41.7 cm³/mol. The summed E-state index contributed by atoms with van der Waals surface area (Å²) < 4.78 is 13.0. The van der Waals surface area contributed by atoms with Crippen molar-refractivity contribution in [3.05, 3.63) is 28.0 Å². The first kappa shape index (κ1) is 8.49. The number of aliphatic hydroxyl groups excluding tert-OH is 1. The molecule has 0 aliphatic heterocycles. The average molecular weight is 221 g/mol. The number of hydrogen-bond donors (Lipinski definition) is 2. The summed E-state index contributed by atoms with van der Waals surface area (Å²) >= 11 is 3.03. The monoisotopic (exact) mass is 220 g/mol. The number of rotatable bonds is 1. The van der Waals surface area contributed by atoms with E-state index in [0.717, 1.165) is 6.07 Å². The van der Waals surface area contributed by atoms with Gasteiger partial charge in [0.25, 0.3) is 0 Å². The Bertz CT molecular complexity index is 275. The van der Waals surface area contributed by atoms with Crippen LogP contribution in [0.3, 0.4) is 0 Å². The van der Waals surface area contributed by atoms with Crippen LogP contribution in [0.2, 0.25) is 0 Å². The number of aliphatic hydroxyl groups is 1. The van der Waals surface area contributed by atoms with Crippen LogP contribution < -0.4 is 0 Å². The molecular formula is C7H6BrFO2. The molecule has 0 aliphatic rings. The van der Waals surface area contributed by atoms with E-state index in [-0.39, 0.29) is 6.61 Å². The molecule has 1 rings (SSSR count). The summed E-state index contributed by atoms with van der Waals surface area (Å²) in [7, 11) is 0. The third kappa shape index (κ3) is 1.70. The molecule has 1 aromatic rings. The Balaban J connectivity index is 3.21. The summed E-state index contributed by atoms with van der Waals surface area (Å²) in [4.78, 5) is 0. The van der Waals surface area contributed by atoms with Gasteiger partial charge in [0, 0.05) is 4.47 Å². The Morgan fingerprint density at radius 1 is 1.45 bits per heavy atom. The number of phenols is 1. The van der Waals surface area contributed by atoms with E-state index in [1.807, 2.05) is 0 Å². The van der Waals surface area contributed by atoms with Gasteiger partial charge in [-0.1, -0.05) is 15.9 Å². The minimum Gasteiger partial charge on any atom is -0.505 e. The molecule has 2 N–H and O–H groups in total. The quantitative estimate of drug-likeness (QED) is 0.758. The first-order chi connectivity index (χ1) is 5.15. The molecule has 0 bridgehead atoms. The van der Waals surface area contributed by atoms with Crippen molar-refractivity contribution < 1.29 is 14.6 Å². The Morgan fingerprint density at radius 3 is 2.64 bits per heavy atom.